The van der Waals surface area contributed by atoms with E-state index < -0.39 is 0 Å². The molecule has 3 aromatic rings. The van der Waals surface area contributed by atoms with Gasteiger partial charge in [-0.05, 0) is 13.0 Å². The van der Waals surface area contributed by atoms with Crippen molar-refractivity contribution in [3.8, 4) is 28.6 Å². The molecule has 7 nitrogen and oxygen atoms in total. The Morgan fingerprint density at radius 1 is 1.20 bits per heavy atom. The summed E-state index contributed by atoms with van der Waals surface area (Å²) in [6, 6.07) is 3.88. The Balaban J connectivity index is 1.79. The molecule has 1 atom stereocenters. The van der Waals surface area contributed by atoms with Crippen LogP contribution in [0.4, 0.5) is 0 Å². The molecule has 0 saturated carbocycles. The summed E-state index contributed by atoms with van der Waals surface area (Å²) in [6.45, 7) is 3.20. The average molecular weight is 340 g/mol. The van der Waals surface area contributed by atoms with E-state index in [4.69, 9.17) is 14.2 Å². The summed E-state index contributed by atoms with van der Waals surface area (Å²) in [4.78, 5) is 4.56. The van der Waals surface area contributed by atoms with Crippen molar-refractivity contribution in [2.45, 2.75) is 13.0 Å². The van der Waals surface area contributed by atoms with Gasteiger partial charge in [-0.15, -0.1) is 0 Å². The van der Waals surface area contributed by atoms with Crippen LogP contribution in [-0.4, -0.2) is 39.7 Å². The SMILES string of the molecule is COc1cc2c(cc1-c1nccn1[C@@H](C)c1cnn(C)c1)OCCO2. The van der Waals surface area contributed by atoms with E-state index >= 15 is 0 Å². The molecule has 4 rings (SSSR count). The fourth-order valence-corrected chi connectivity index (χ4v) is 3.06. The fourth-order valence-electron chi connectivity index (χ4n) is 3.06. The number of imidazole rings is 1. The third-order valence-corrected chi connectivity index (χ3v) is 4.40. The van der Waals surface area contributed by atoms with Crippen LogP contribution in [0.25, 0.3) is 11.4 Å². The summed E-state index contributed by atoms with van der Waals surface area (Å²) in [5, 5.41) is 4.26. The molecule has 0 radical (unpaired) electrons. The zero-order valence-electron chi connectivity index (χ0n) is 14.5. The maximum absolute atomic E-state index is 5.72. The molecule has 1 aromatic carbocycles. The normalized spacial score (nSPS) is 14.4. The summed E-state index contributed by atoms with van der Waals surface area (Å²) in [5.41, 5.74) is 1.98. The van der Waals surface area contributed by atoms with E-state index in [0.717, 1.165) is 17.0 Å². The number of fused-ring (bicyclic) bond motifs is 1. The Morgan fingerprint density at radius 3 is 2.64 bits per heavy atom. The molecule has 0 amide bonds. The lowest BCUT2D eigenvalue weighted by Gasteiger charge is -2.22. The van der Waals surface area contributed by atoms with Crippen molar-refractivity contribution in [1.29, 1.82) is 0 Å². The van der Waals surface area contributed by atoms with E-state index in [1.807, 2.05) is 37.8 Å². The summed E-state index contributed by atoms with van der Waals surface area (Å²) in [7, 11) is 3.56. The maximum atomic E-state index is 5.72. The van der Waals surface area contributed by atoms with Gasteiger partial charge >= 0.3 is 0 Å². The average Bonchev–Trinajstić information content (AvgIpc) is 3.29. The summed E-state index contributed by atoms with van der Waals surface area (Å²) >= 11 is 0. The van der Waals surface area contributed by atoms with Gasteiger partial charge < -0.3 is 18.8 Å². The highest BCUT2D eigenvalue weighted by Gasteiger charge is 2.22. The first kappa shape index (κ1) is 15.6. The predicted octanol–water partition coefficient (Wildman–Crippen LogP) is 2.67. The number of hydrogen-bond acceptors (Lipinski definition) is 5. The highest BCUT2D eigenvalue weighted by Crippen LogP contribution is 2.41. The van der Waals surface area contributed by atoms with Crippen LogP contribution in [0.3, 0.4) is 0 Å². The Bertz CT molecular complexity index is 900. The van der Waals surface area contributed by atoms with E-state index in [-0.39, 0.29) is 6.04 Å². The molecule has 0 saturated heterocycles. The quantitative estimate of drug-likeness (QED) is 0.731. The summed E-state index contributed by atoms with van der Waals surface area (Å²) in [5.74, 6) is 2.93. The molecule has 2 aromatic heterocycles. The predicted molar refractivity (Wildman–Crippen MR) is 92.2 cm³/mol. The van der Waals surface area contributed by atoms with E-state index in [1.54, 1.807) is 18.0 Å². The number of benzene rings is 1. The Labute approximate surface area is 145 Å². The van der Waals surface area contributed by atoms with E-state index in [1.165, 1.54) is 0 Å². The molecule has 0 spiro atoms. The molecule has 1 aliphatic rings. The topological polar surface area (TPSA) is 63.3 Å². The van der Waals surface area contributed by atoms with E-state index in [9.17, 15) is 0 Å². The minimum atomic E-state index is 0.0871. The van der Waals surface area contributed by atoms with Crippen LogP contribution in [0.2, 0.25) is 0 Å². The maximum Gasteiger partial charge on any atom is 0.165 e. The number of methoxy groups -OCH3 is 1. The zero-order valence-corrected chi connectivity index (χ0v) is 14.5. The van der Waals surface area contributed by atoms with Crippen molar-refractivity contribution < 1.29 is 14.2 Å². The highest BCUT2D eigenvalue weighted by atomic mass is 16.6. The van der Waals surface area contributed by atoms with Gasteiger partial charge in [-0.3, -0.25) is 4.68 Å². The molecule has 0 aliphatic carbocycles. The van der Waals surface area contributed by atoms with Crippen LogP contribution in [0, 0.1) is 0 Å². The minimum Gasteiger partial charge on any atom is -0.496 e. The molecule has 0 unspecified atom stereocenters. The van der Waals surface area contributed by atoms with Crippen molar-refractivity contribution in [1.82, 2.24) is 19.3 Å². The second-order valence-electron chi connectivity index (χ2n) is 5.98. The van der Waals surface area contributed by atoms with Crippen LogP contribution in [-0.2, 0) is 7.05 Å². The lowest BCUT2D eigenvalue weighted by Crippen LogP contribution is -2.15. The van der Waals surface area contributed by atoms with Crippen molar-refractivity contribution in [2.75, 3.05) is 20.3 Å². The summed E-state index contributed by atoms with van der Waals surface area (Å²) < 4.78 is 20.8. The van der Waals surface area contributed by atoms with Gasteiger partial charge in [0.15, 0.2) is 11.5 Å². The number of ether oxygens (including phenoxy) is 3. The Kier molecular flexibility index (Phi) is 3.83. The van der Waals surface area contributed by atoms with Crippen LogP contribution in [0.15, 0.2) is 36.9 Å². The molecule has 1 aliphatic heterocycles. The van der Waals surface area contributed by atoms with Crippen molar-refractivity contribution in [3.05, 3.63) is 42.5 Å². The van der Waals surface area contributed by atoms with Crippen molar-refractivity contribution in [3.63, 3.8) is 0 Å². The molecule has 0 N–H and O–H groups in total. The molecule has 0 bridgehead atoms. The molecule has 130 valence electrons. The standard InChI is InChI=1S/C18H20N4O3/c1-12(13-10-20-21(2)11-13)22-5-4-19-18(22)14-8-16-17(9-15(14)23-3)25-7-6-24-16/h4-5,8-12H,6-7H2,1-3H3/t12-/m0/s1. The van der Waals surface area contributed by atoms with Crippen LogP contribution in [0.1, 0.15) is 18.5 Å². The Hall–Kier alpha value is -2.96. The monoisotopic (exact) mass is 340 g/mol. The largest absolute Gasteiger partial charge is 0.496 e. The first-order valence-corrected chi connectivity index (χ1v) is 8.16. The molecule has 25 heavy (non-hydrogen) atoms. The van der Waals surface area contributed by atoms with E-state index in [2.05, 4.69) is 21.6 Å². The lowest BCUT2D eigenvalue weighted by molar-refractivity contribution is 0.171. The van der Waals surface area contributed by atoms with Crippen LogP contribution < -0.4 is 14.2 Å². The zero-order chi connectivity index (χ0) is 17.4. The van der Waals surface area contributed by atoms with Gasteiger partial charge in [0, 0.05) is 37.3 Å². The Morgan fingerprint density at radius 2 is 1.96 bits per heavy atom. The number of aryl methyl sites for hydroxylation is 1. The fraction of sp³-hybridized carbons (Fsp3) is 0.333. The number of hydrogen-bond donors (Lipinski definition) is 0. The molecular formula is C18H20N4O3. The third kappa shape index (κ3) is 2.71. The van der Waals surface area contributed by atoms with Crippen molar-refractivity contribution in [2.24, 2.45) is 7.05 Å². The molecule has 0 fully saturated rings. The van der Waals surface area contributed by atoms with Crippen LogP contribution >= 0.6 is 0 Å². The molecular weight excluding hydrogens is 320 g/mol. The van der Waals surface area contributed by atoms with E-state index in [0.29, 0.717) is 30.5 Å². The van der Waals surface area contributed by atoms with Gasteiger partial charge in [-0.25, -0.2) is 4.98 Å². The first-order valence-electron chi connectivity index (χ1n) is 8.16. The van der Waals surface area contributed by atoms with Gasteiger partial charge in [-0.1, -0.05) is 0 Å². The number of nitrogens with zero attached hydrogens (tertiary/aromatic N) is 4. The first-order chi connectivity index (χ1) is 12.2. The van der Waals surface area contributed by atoms with Crippen LogP contribution in [0.5, 0.6) is 17.2 Å². The second-order valence-corrected chi connectivity index (χ2v) is 5.98. The van der Waals surface area contributed by atoms with Gasteiger partial charge in [-0.2, -0.15) is 5.10 Å². The van der Waals surface area contributed by atoms with Gasteiger partial charge in [0.05, 0.1) is 24.9 Å². The molecule has 3 heterocycles. The number of aromatic nitrogens is 4. The number of rotatable bonds is 4. The highest BCUT2D eigenvalue weighted by molar-refractivity contribution is 5.70. The summed E-state index contributed by atoms with van der Waals surface area (Å²) in [6.07, 6.45) is 7.63. The third-order valence-electron chi connectivity index (χ3n) is 4.40. The minimum absolute atomic E-state index is 0.0871. The van der Waals surface area contributed by atoms with Crippen molar-refractivity contribution >= 4 is 0 Å². The van der Waals surface area contributed by atoms with Gasteiger partial charge in [0.25, 0.3) is 0 Å². The second kappa shape index (κ2) is 6.16. The van der Waals surface area contributed by atoms with Gasteiger partial charge in [0.1, 0.15) is 24.8 Å². The lowest BCUT2D eigenvalue weighted by atomic mass is 10.1. The smallest absolute Gasteiger partial charge is 0.165 e. The van der Waals surface area contributed by atoms with Gasteiger partial charge in [0.2, 0.25) is 0 Å². The molecule has 7 heteroatoms.